The molecule has 6 nitrogen and oxygen atoms in total. The first-order valence-electron chi connectivity index (χ1n) is 7.60. The number of carbonyl (C=O) groups is 2. The number of nitrogens with one attached hydrogen (secondary N) is 2. The van der Waals surface area contributed by atoms with Gasteiger partial charge in [-0.2, -0.15) is 5.10 Å². The molecule has 0 bridgehead atoms. The highest BCUT2D eigenvalue weighted by atomic mass is 79.9. The molecule has 1 aromatic carbocycles. The third-order valence-electron chi connectivity index (χ3n) is 3.32. The van der Waals surface area contributed by atoms with Crippen molar-refractivity contribution >= 4 is 33.6 Å². The van der Waals surface area contributed by atoms with Gasteiger partial charge < -0.3 is 10.6 Å². The normalized spacial score (nSPS) is 11.2. The molecule has 0 unspecified atom stereocenters. The minimum Gasteiger partial charge on any atom is -0.347 e. The lowest BCUT2D eigenvalue weighted by molar-refractivity contribution is -0.130. The quantitative estimate of drug-likeness (QED) is 0.820. The van der Waals surface area contributed by atoms with Crippen LogP contribution in [-0.2, 0) is 16.1 Å². The average Bonchev–Trinajstić information content (AvgIpc) is 2.93. The summed E-state index contributed by atoms with van der Waals surface area (Å²) < 4.78 is 2.71. The molecule has 2 rings (SSSR count). The number of rotatable bonds is 5. The van der Waals surface area contributed by atoms with Crippen molar-refractivity contribution in [1.82, 2.24) is 15.1 Å². The summed E-state index contributed by atoms with van der Waals surface area (Å²) in [6, 6.07) is 9.61. The molecule has 2 aromatic rings. The maximum absolute atomic E-state index is 12.0. The second-order valence-corrected chi connectivity index (χ2v) is 7.40. The Labute approximate surface area is 149 Å². The molecular formula is C17H21BrN4O2. The molecule has 2 N–H and O–H groups in total. The van der Waals surface area contributed by atoms with Gasteiger partial charge in [-0.3, -0.25) is 9.59 Å². The van der Waals surface area contributed by atoms with Crippen LogP contribution in [0.5, 0.6) is 0 Å². The summed E-state index contributed by atoms with van der Waals surface area (Å²) in [5, 5.41) is 9.62. The number of hydrogen-bond donors (Lipinski definition) is 2. The Hall–Kier alpha value is -2.15. The third kappa shape index (κ3) is 5.19. The van der Waals surface area contributed by atoms with Gasteiger partial charge >= 0.3 is 0 Å². The zero-order chi connectivity index (χ0) is 17.7. The summed E-state index contributed by atoms with van der Waals surface area (Å²) in [5.74, 6) is 0.138. The summed E-state index contributed by atoms with van der Waals surface area (Å²) in [4.78, 5) is 23.8. The van der Waals surface area contributed by atoms with Crippen LogP contribution in [0.1, 0.15) is 26.3 Å². The van der Waals surface area contributed by atoms with Gasteiger partial charge in [0, 0.05) is 16.0 Å². The maximum Gasteiger partial charge on any atom is 0.244 e. The first kappa shape index (κ1) is 18.2. The number of carbonyl (C=O) groups excluding carboxylic acids is 2. The zero-order valence-corrected chi connectivity index (χ0v) is 15.6. The monoisotopic (exact) mass is 392 g/mol. The van der Waals surface area contributed by atoms with Gasteiger partial charge in [-0.15, -0.1) is 0 Å². The molecule has 0 aliphatic heterocycles. The molecule has 0 fully saturated rings. The Morgan fingerprint density at radius 1 is 1.17 bits per heavy atom. The number of anilines is 1. The van der Waals surface area contributed by atoms with Gasteiger partial charge in [0.15, 0.2) is 0 Å². The van der Waals surface area contributed by atoms with E-state index in [9.17, 15) is 9.59 Å². The zero-order valence-electron chi connectivity index (χ0n) is 14.0. The number of aromatic nitrogens is 2. The SMILES string of the molecule is CC(C)(C)C(=O)NCC(=O)Nc1ccnn1Cc1ccc(Br)cc1. The Kier molecular flexibility index (Phi) is 5.77. The van der Waals surface area contributed by atoms with E-state index < -0.39 is 5.41 Å². The smallest absolute Gasteiger partial charge is 0.244 e. The van der Waals surface area contributed by atoms with Crippen LogP contribution in [0.3, 0.4) is 0 Å². The third-order valence-corrected chi connectivity index (χ3v) is 3.85. The van der Waals surface area contributed by atoms with Crippen LogP contribution >= 0.6 is 15.9 Å². The average molecular weight is 393 g/mol. The summed E-state index contributed by atoms with van der Waals surface area (Å²) in [6.07, 6.45) is 1.63. The minimum atomic E-state index is -0.524. The second kappa shape index (κ2) is 7.61. The predicted molar refractivity (Wildman–Crippen MR) is 96.6 cm³/mol. The first-order valence-corrected chi connectivity index (χ1v) is 8.39. The van der Waals surface area contributed by atoms with Crippen molar-refractivity contribution in [2.45, 2.75) is 27.3 Å². The second-order valence-electron chi connectivity index (χ2n) is 6.48. The molecule has 128 valence electrons. The van der Waals surface area contributed by atoms with Crippen molar-refractivity contribution in [2.24, 2.45) is 5.41 Å². The van der Waals surface area contributed by atoms with Crippen LogP contribution < -0.4 is 10.6 Å². The van der Waals surface area contributed by atoms with Gasteiger partial charge in [-0.05, 0) is 17.7 Å². The minimum absolute atomic E-state index is 0.0699. The molecule has 7 heteroatoms. The highest BCUT2D eigenvalue weighted by Crippen LogP contribution is 2.14. The van der Waals surface area contributed by atoms with Crippen molar-refractivity contribution in [1.29, 1.82) is 0 Å². The summed E-state index contributed by atoms with van der Waals surface area (Å²) >= 11 is 3.40. The molecule has 2 amide bonds. The van der Waals surface area contributed by atoms with E-state index in [1.54, 1.807) is 37.7 Å². The number of nitrogens with zero attached hydrogens (tertiary/aromatic N) is 2. The Balaban J connectivity index is 1.94. The van der Waals surface area contributed by atoms with Crippen molar-refractivity contribution in [3.8, 4) is 0 Å². The van der Waals surface area contributed by atoms with Crippen LogP contribution in [0.15, 0.2) is 41.0 Å². The molecule has 0 saturated carbocycles. The van der Waals surface area contributed by atoms with Crippen molar-refractivity contribution in [3.05, 3.63) is 46.6 Å². The first-order chi connectivity index (χ1) is 11.3. The van der Waals surface area contributed by atoms with Gasteiger partial charge in [-0.1, -0.05) is 48.8 Å². The van der Waals surface area contributed by atoms with Crippen molar-refractivity contribution in [2.75, 3.05) is 11.9 Å². The van der Waals surface area contributed by atoms with E-state index in [1.165, 1.54) is 0 Å². The highest BCUT2D eigenvalue weighted by Gasteiger charge is 2.21. The Morgan fingerprint density at radius 3 is 2.46 bits per heavy atom. The van der Waals surface area contributed by atoms with Crippen LogP contribution in [0.4, 0.5) is 5.82 Å². The summed E-state index contributed by atoms with van der Waals surface area (Å²) in [7, 11) is 0. The van der Waals surface area contributed by atoms with Gasteiger partial charge in [0.1, 0.15) is 5.82 Å². The maximum atomic E-state index is 12.0. The standard InChI is InChI=1S/C17H21BrN4O2/c1-17(2,3)16(24)19-10-15(23)21-14-8-9-20-22(14)11-12-4-6-13(18)7-5-12/h4-9H,10-11H2,1-3H3,(H,19,24)(H,21,23). The number of hydrogen-bond acceptors (Lipinski definition) is 3. The van der Waals surface area contributed by atoms with E-state index in [0.717, 1.165) is 10.0 Å². The molecule has 0 radical (unpaired) electrons. The van der Waals surface area contributed by atoms with Crippen LogP contribution in [0.2, 0.25) is 0 Å². The molecule has 0 aliphatic carbocycles. The number of halogens is 1. The lowest BCUT2D eigenvalue weighted by Gasteiger charge is -2.17. The van der Waals surface area contributed by atoms with E-state index in [-0.39, 0.29) is 18.4 Å². The number of benzene rings is 1. The lowest BCUT2D eigenvalue weighted by atomic mass is 9.96. The van der Waals surface area contributed by atoms with Crippen LogP contribution in [0.25, 0.3) is 0 Å². The number of amides is 2. The van der Waals surface area contributed by atoms with Crippen LogP contribution in [-0.4, -0.2) is 28.1 Å². The molecule has 0 aliphatic rings. The van der Waals surface area contributed by atoms with Crippen molar-refractivity contribution < 1.29 is 9.59 Å². The molecule has 0 saturated heterocycles. The van der Waals surface area contributed by atoms with Gasteiger partial charge in [0.2, 0.25) is 11.8 Å². The topological polar surface area (TPSA) is 76.0 Å². The van der Waals surface area contributed by atoms with Gasteiger partial charge in [0.05, 0.1) is 19.3 Å². The molecule has 24 heavy (non-hydrogen) atoms. The fourth-order valence-electron chi connectivity index (χ4n) is 1.94. The van der Waals surface area contributed by atoms with Gasteiger partial charge in [-0.25, -0.2) is 4.68 Å². The Bertz CT molecular complexity index is 717. The van der Waals surface area contributed by atoms with Crippen molar-refractivity contribution in [3.63, 3.8) is 0 Å². The van der Waals surface area contributed by atoms with E-state index in [1.807, 2.05) is 24.3 Å². The van der Waals surface area contributed by atoms with Gasteiger partial charge in [0.25, 0.3) is 0 Å². The molecule has 1 heterocycles. The van der Waals surface area contributed by atoms with Crippen LogP contribution in [0, 0.1) is 5.41 Å². The molecular weight excluding hydrogens is 372 g/mol. The predicted octanol–water partition coefficient (Wildman–Crippen LogP) is 2.79. The Morgan fingerprint density at radius 2 is 1.83 bits per heavy atom. The van der Waals surface area contributed by atoms with E-state index >= 15 is 0 Å². The lowest BCUT2D eigenvalue weighted by Crippen LogP contribution is -2.39. The largest absolute Gasteiger partial charge is 0.347 e. The van der Waals surface area contributed by atoms with E-state index in [2.05, 4.69) is 31.7 Å². The fraction of sp³-hybridized carbons (Fsp3) is 0.353. The molecule has 0 spiro atoms. The van der Waals surface area contributed by atoms with E-state index in [0.29, 0.717) is 12.4 Å². The molecule has 0 atom stereocenters. The summed E-state index contributed by atoms with van der Waals surface area (Å²) in [5.41, 5.74) is 0.544. The fourth-order valence-corrected chi connectivity index (χ4v) is 2.20. The summed E-state index contributed by atoms with van der Waals surface area (Å²) in [6.45, 7) is 5.87. The van der Waals surface area contributed by atoms with E-state index in [4.69, 9.17) is 0 Å². The highest BCUT2D eigenvalue weighted by molar-refractivity contribution is 9.10. The molecule has 1 aromatic heterocycles.